The summed E-state index contributed by atoms with van der Waals surface area (Å²) in [4.78, 5) is 14.5. The van der Waals surface area contributed by atoms with Crippen LogP contribution in [0, 0.1) is 11.3 Å². The number of amides is 1. The van der Waals surface area contributed by atoms with Crippen LogP contribution < -0.4 is 0 Å². The summed E-state index contributed by atoms with van der Waals surface area (Å²) in [5.41, 5.74) is 1.69. The smallest absolute Gasteiger partial charge is 0.254 e. The zero-order chi connectivity index (χ0) is 19.5. The van der Waals surface area contributed by atoms with Gasteiger partial charge in [0.15, 0.2) is 9.84 Å². The van der Waals surface area contributed by atoms with Gasteiger partial charge in [-0.1, -0.05) is 23.7 Å². The summed E-state index contributed by atoms with van der Waals surface area (Å²) >= 11 is 5.96. The topological polar surface area (TPSA) is 78.2 Å². The standard InChI is InChI=1S/C19H19ClN2O3S/c1-13(2)22(12-15-6-4-14(11-21)5-7-15)19(23)16-8-9-17(20)18(10-16)26(3,24)25/h4-10,13H,12H2,1-3H3. The van der Waals surface area contributed by atoms with E-state index in [1.807, 2.05) is 13.8 Å². The van der Waals surface area contributed by atoms with Crippen molar-refractivity contribution >= 4 is 27.3 Å². The molecule has 0 N–H and O–H groups in total. The molecule has 5 nitrogen and oxygen atoms in total. The molecule has 0 spiro atoms. The van der Waals surface area contributed by atoms with Crippen molar-refractivity contribution < 1.29 is 13.2 Å². The average molecular weight is 391 g/mol. The maximum absolute atomic E-state index is 12.9. The Labute approximate surface area is 158 Å². The fourth-order valence-electron chi connectivity index (χ4n) is 2.46. The number of nitrogens with zero attached hydrogens (tertiary/aromatic N) is 2. The van der Waals surface area contributed by atoms with E-state index in [0.717, 1.165) is 11.8 Å². The van der Waals surface area contributed by atoms with E-state index in [2.05, 4.69) is 6.07 Å². The molecular weight excluding hydrogens is 372 g/mol. The normalized spacial score (nSPS) is 11.2. The first-order valence-corrected chi connectivity index (χ1v) is 10.2. The number of hydrogen-bond acceptors (Lipinski definition) is 4. The monoisotopic (exact) mass is 390 g/mol. The van der Waals surface area contributed by atoms with Crippen LogP contribution in [-0.4, -0.2) is 31.5 Å². The van der Waals surface area contributed by atoms with Gasteiger partial charge in [0.25, 0.3) is 5.91 Å². The van der Waals surface area contributed by atoms with Crippen LogP contribution in [0.15, 0.2) is 47.4 Å². The second kappa shape index (κ2) is 7.90. The maximum atomic E-state index is 12.9. The second-order valence-electron chi connectivity index (χ2n) is 6.25. The molecule has 0 saturated carbocycles. The van der Waals surface area contributed by atoms with Gasteiger partial charge in [0.1, 0.15) is 0 Å². The number of hydrogen-bond donors (Lipinski definition) is 0. The van der Waals surface area contributed by atoms with Crippen molar-refractivity contribution in [1.29, 1.82) is 5.26 Å². The molecule has 0 unspecified atom stereocenters. The molecule has 2 rings (SSSR count). The number of benzene rings is 2. The molecule has 0 aliphatic carbocycles. The summed E-state index contributed by atoms with van der Waals surface area (Å²) in [6.45, 7) is 4.11. The Balaban J connectivity index is 2.35. The predicted molar refractivity (Wildman–Crippen MR) is 101 cm³/mol. The van der Waals surface area contributed by atoms with Gasteiger partial charge >= 0.3 is 0 Å². The largest absolute Gasteiger partial charge is 0.332 e. The van der Waals surface area contributed by atoms with E-state index in [1.165, 1.54) is 18.2 Å². The highest BCUT2D eigenvalue weighted by Gasteiger charge is 2.22. The number of carbonyl (C=O) groups excluding carboxylic acids is 1. The van der Waals surface area contributed by atoms with Crippen LogP contribution in [0.3, 0.4) is 0 Å². The first-order valence-electron chi connectivity index (χ1n) is 7.93. The lowest BCUT2D eigenvalue weighted by molar-refractivity contribution is 0.0690. The van der Waals surface area contributed by atoms with E-state index < -0.39 is 9.84 Å². The number of carbonyl (C=O) groups is 1. The van der Waals surface area contributed by atoms with Crippen molar-refractivity contribution in [2.75, 3.05) is 6.26 Å². The molecule has 0 aliphatic rings. The first-order chi connectivity index (χ1) is 12.1. The zero-order valence-electron chi connectivity index (χ0n) is 14.7. The van der Waals surface area contributed by atoms with Gasteiger partial charge in [-0.15, -0.1) is 0 Å². The Morgan fingerprint density at radius 3 is 2.31 bits per heavy atom. The molecule has 26 heavy (non-hydrogen) atoms. The van der Waals surface area contributed by atoms with Crippen molar-refractivity contribution in [1.82, 2.24) is 4.90 Å². The molecule has 1 amide bonds. The van der Waals surface area contributed by atoms with Gasteiger partial charge in [-0.05, 0) is 49.7 Å². The van der Waals surface area contributed by atoms with Crippen LogP contribution in [-0.2, 0) is 16.4 Å². The van der Waals surface area contributed by atoms with Crippen LogP contribution in [0.1, 0.15) is 35.3 Å². The molecule has 0 radical (unpaired) electrons. The van der Waals surface area contributed by atoms with E-state index in [4.69, 9.17) is 16.9 Å². The van der Waals surface area contributed by atoms with Gasteiger partial charge in [-0.3, -0.25) is 4.79 Å². The molecule has 0 heterocycles. The third-order valence-electron chi connectivity index (χ3n) is 3.90. The van der Waals surface area contributed by atoms with E-state index in [1.54, 1.807) is 29.2 Å². The molecule has 0 aliphatic heterocycles. The minimum atomic E-state index is -3.54. The summed E-state index contributed by atoms with van der Waals surface area (Å²) < 4.78 is 23.7. The van der Waals surface area contributed by atoms with E-state index in [9.17, 15) is 13.2 Å². The lowest BCUT2D eigenvalue weighted by Gasteiger charge is -2.27. The highest BCUT2D eigenvalue weighted by Crippen LogP contribution is 2.24. The minimum absolute atomic E-state index is 0.0629. The highest BCUT2D eigenvalue weighted by molar-refractivity contribution is 7.90. The first kappa shape index (κ1) is 20.0. The van der Waals surface area contributed by atoms with Crippen molar-refractivity contribution in [2.45, 2.75) is 31.3 Å². The van der Waals surface area contributed by atoms with Crippen molar-refractivity contribution in [3.8, 4) is 6.07 Å². The fraction of sp³-hybridized carbons (Fsp3) is 0.263. The molecule has 2 aromatic rings. The number of sulfone groups is 1. The Bertz CT molecular complexity index is 961. The Kier molecular flexibility index (Phi) is 6.06. The van der Waals surface area contributed by atoms with Crippen LogP contribution in [0.2, 0.25) is 5.02 Å². The lowest BCUT2D eigenvalue weighted by Crippen LogP contribution is -2.36. The number of rotatable bonds is 5. The van der Waals surface area contributed by atoms with Gasteiger partial charge in [-0.25, -0.2) is 8.42 Å². The van der Waals surface area contributed by atoms with Gasteiger partial charge in [0.2, 0.25) is 0 Å². The van der Waals surface area contributed by atoms with E-state index >= 15 is 0 Å². The highest BCUT2D eigenvalue weighted by atomic mass is 35.5. The molecule has 136 valence electrons. The quantitative estimate of drug-likeness (QED) is 0.780. The molecule has 0 bridgehead atoms. The molecule has 7 heteroatoms. The molecule has 0 saturated heterocycles. The zero-order valence-corrected chi connectivity index (χ0v) is 16.3. The third-order valence-corrected chi connectivity index (χ3v) is 5.48. The molecule has 2 aromatic carbocycles. The van der Waals surface area contributed by atoms with Crippen molar-refractivity contribution in [3.63, 3.8) is 0 Å². The van der Waals surface area contributed by atoms with Crippen LogP contribution in [0.4, 0.5) is 0 Å². The molecule has 0 aromatic heterocycles. The summed E-state index contributed by atoms with van der Waals surface area (Å²) in [6.07, 6.45) is 1.05. The number of nitriles is 1. The number of halogens is 1. The summed E-state index contributed by atoms with van der Waals surface area (Å²) in [5.74, 6) is -0.286. The average Bonchev–Trinajstić information content (AvgIpc) is 2.58. The van der Waals surface area contributed by atoms with Crippen molar-refractivity contribution in [2.24, 2.45) is 0 Å². The van der Waals surface area contributed by atoms with Crippen LogP contribution in [0.25, 0.3) is 0 Å². The summed E-state index contributed by atoms with van der Waals surface area (Å²) in [6, 6.07) is 13.2. The second-order valence-corrected chi connectivity index (χ2v) is 8.64. The minimum Gasteiger partial charge on any atom is -0.332 e. The molecular formula is C19H19ClN2O3S. The van der Waals surface area contributed by atoms with Crippen LogP contribution in [0.5, 0.6) is 0 Å². The van der Waals surface area contributed by atoms with Gasteiger partial charge in [-0.2, -0.15) is 5.26 Å². The van der Waals surface area contributed by atoms with Gasteiger partial charge in [0.05, 0.1) is 21.6 Å². The van der Waals surface area contributed by atoms with E-state index in [0.29, 0.717) is 12.1 Å². The predicted octanol–water partition coefficient (Wildman–Crippen LogP) is 3.67. The van der Waals surface area contributed by atoms with E-state index in [-0.39, 0.29) is 27.4 Å². The van der Waals surface area contributed by atoms with Gasteiger partial charge in [0, 0.05) is 24.4 Å². The fourth-order valence-corrected chi connectivity index (χ4v) is 3.76. The third kappa shape index (κ3) is 4.63. The lowest BCUT2D eigenvalue weighted by atomic mass is 10.1. The van der Waals surface area contributed by atoms with Crippen molar-refractivity contribution in [3.05, 3.63) is 64.2 Å². The Morgan fingerprint density at radius 2 is 1.81 bits per heavy atom. The molecule has 0 fully saturated rings. The SMILES string of the molecule is CC(C)N(Cc1ccc(C#N)cc1)C(=O)c1ccc(Cl)c(S(C)(=O)=O)c1. The Hall–Kier alpha value is -2.36. The summed E-state index contributed by atoms with van der Waals surface area (Å²) in [7, 11) is -3.54. The maximum Gasteiger partial charge on any atom is 0.254 e. The Morgan fingerprint density at radius 1 is 1.19 bits per heavy atom. The molecule has 0 atom stereocenters. The summed E-state index contributed by atoms with van der Waals surface area (Å²) in [5, 5.41) is 8.97. The van der Waals surface area contributed by atoms with Crippen LogP contribution >= 0.6 is 11.6 Å². The van der Waals surface area contributed by atoms with Gasteiger partial charge < -0.3 is 4.90 Å².